The molecule has 2 aromatic carbocycles. The summed E-state index contributed by atoms with van der Waals surface area (Å²) in [7, 11) is 0. The van der Waals surface area contributed by atoms with Crippen molar-refractivity contribution in [1.29, 1.82) is 0 Å². The van der Waals surface area contributed by atoms with Gasteiger partial charge in [0, 0.05) is 11.6 Å². The second-order valence-electron chi connectivity index (χ2n) is 5.61. The van der Waals surface area contributed by atoms with Gasteiger partial charge < -0.3 is 0 Å². The summed E-state index contributed by atoms with van der Waals surface area (Å²) in [6.45, 7) is 1.81. The quantitative estimate of drug-likeness (QED) is 0.564. The second kappa shape index (κ2) is 6.16. The molecule has 0 bridgehead atoms. The van der Waals surface area contributed by atoms with Gasteiger partial charge >= 0.3 is 0 Å². The number of rotatable bonds is 3. The van der Waals surface area contributed by atoms with Crippen molar-refractivity contribution in [3.63, 3.8) is 0 Å². The SMILES string of the molecule is Cc1[nH]n(-c2ccccc2)c(=O)c1N=Nc1cccc2ncccc12. The predicted molar refractivity (Wildman–Crippen MR) is 97.0 cm³/mol. The van der Waals surface area contributed by atoms with Crippen LogP contribution < -0.4 is 5.56 Å². The van der Waals surface area contributed by atoms with Gasteiger partial charge in [-0.05, 0) is 43.3 Å². The van der Waals surface area contributed by atoms with E-state index < -0.39 is 0 Å². The molecule has 0 unspecified atom stereocenters. The van der Waals surface area contributed by atoms with Gasteiger partial charge in [-0.1, -0.05) is 24.3 Å². The monoisotopic (exact) mass is 329 g/mol. The number of nitrogens with zero attached hydrogens (tertiary/aromatic N) is 4. The zero-order valence-corrected chi connectivity index (χ0v) is 13.5. The molecule has 0 saturated carbocycles. The third-order valence-electron chi connectivity index (χ3n) is 3.94. The van der Waals surface area contributed by atoms with Gasteiger partial charge in [0.2, 0.25) is 0 Å². The van der Waals surface area contributed by atoms with E-state index in [-0.39, 0.29) is 5.56 Å². The summed E-state index contributed by atoms with van der Waals surface area (Å²) in [5, 5.41) is 12.4. The Morgan fingerprint density at radius 1 is 0.960 bits per heavy atom. The van der Waals surface area contributed by atoms with Gasteiger partial charge in [0.25, 0.3) is 5.56 Å². The van der Waals surface area contributed by atoms with Crippen LogP contribution in [-0.4, -0.2) is 14.8 Å². The normalized spacial score (nSPS) is 11.4. The molecular formula is C19H15N5O. The van der Waals surface area contributed by atoms with Crippen molar-refractivity contribution in [3.05, 3.63) is 82.9 Å². The number of pyridine rings is 1. The fraction of sp³-hybridized carbons (Fsp3) is 0.0526. The Labute approximate surface area is 143 Å². The first-order chi connectivity index (χ1) is 12.2. The Kier molecular flexibility index (Phi) is 3.70. The van der Waals surface area contributed by atoms with Crippen LogP contribution in [0.3, 0.4) is 0 Å². The van der Waals surface area contributed by atoms with Crippen LogP contribution in [0.2, 0.25) is 0 Å². The van der Waals surface area contributed by atoms with Gasteiger partial charge in [-0.3, -0.25) is 14.9 Å². The minimum absolute atomic E-state index is 0.231. The lowest BCUT2D eigenvalue weighted by Gasteiger charge is -1.99. The number of hydrogen-bond donors (Lipinski definition) is 1. The number of azo groups is 1. The van der Waals surface area contributed by atoms with Crippen LogP contribution in [-0.2, 0) is 0 Å². The molecule has 0 radical (unpaired) electrons. The van der Waals surface area contributed by atoms with Crippen LogP contribution in [0.4, 0.5) is 11.4 Å². The van der Waals surface area contributed by atoms with Gasteiger partial charge in [-0.15, -0.1) is 10.2 Å². The van der Waals surface area contributed by atoms with E-state index in [0.29, 0.717) is 17.1 Å². The third-order valence-corrected chi connectivity index (χ3v) is 3.94. The van der Waals surface area contributed by atoms with E-state index in [0.717, 1.165) is 16.6 Å². The van der Waals surface area contributed by atoms with E-state index in [4.69, 9.17) is 0 Å². The highest BCUT2D eigenvalue weighted by molar-refractivity contribution is 5.89. The number of para-hydroxylation sites is 1. The number of aryl methyl sites for hydroxylation is 1. The highest BCUT2D eigenvalue weighted by atomic mass is 16.1. The van der Waals surface area contributed by atoms with Crippen molar-refractivity contribution in [1.82, 2.24) is 14.8 Å². The first kappa shape index (κ1) is 15.0. The minimum atomic E-state index is -0.231. The van der Waals surface area contributed by atoms with E-state index in [1.54, 1.807) is 13.1 Å². The molecule has 25 heavy (non-hydrogen) atoms. The maximum Gasteiger partial charge on any atom is 0.299 e. The summed E-state index contributed by atoms with van der Waals surface area (Å²) in [5.41, 5.74) is 3.00. The molecule has 1 N–H and O–H groups in total. The van der Waals surface area contributed by atoms with Crippen LogP contribution in [0.1, 0.15) is 5.69 Å². The van der Waals surface area contributed by atoms with Crippen molar-refractivity contribution in [2.45, 2.75) is 6.92 Å². The zero-order valence-electron chi connectivity index (χ0n) is 13.5. The van der Waals surface area contributed by atoms with Crippen molar-refractivity contribution in [2.75, 3.05) is 0 Å². The molecule has 0 aliphatic rings. The lowest BCUT2D eigenvalue weighted by molar-refractivity contribution is 0.835. The molecule has 0 fully saturated rings. The fourth-order valence-corrected chi connectivity index (χ4v) is 2.69. The van der Waals surface area contributed by atoms with Crippen molar-refractivity contribution >= 4 is 22.3 Å². The van der Waals surface area contributed by atoms with Crippen molar-refractivity contribution < 1.29 is 0 Å². The number of benzene rings is 2. The van der Waals surface area contributed by atoms with Crippen molar-refractivity contribution in [3.8, 4) is 5.69 Å². The largest absolute Gasteiger partial charge is 0.299 e. The van der Waals surface area contributed by atoms with Gasteiger partial charge in [0.15, 0.2) is 5.69 Å². The molecule has 6 heteroatoms. The molecule has 6 nitrogen and oxygen atoms in total. The van der Waals surface area contributed by atoms with Gasteiger partial charge in [-0.2, -0.15) is 0 Å². The zero-order chi connectivity index (χ0) is 17.2. The van der Waals surface area contributed by atoms with Crippen LogP contribution in [0.5, 0.6) is 0 Å². The molecule has 2 heterocycles. The highest BCUT2D eigenvalue weighted by Gasteiger charge is 2.12. The van der Waals surface area contributed by atoms with Crippen LogP contribution in [0.15, 0.2) is 81.9 Å². The number of fused-ring (bicyclic) bond motifs is 1. The smallest absolute Gasteiger partial charge is 0.293 e. The van der Waals surface area contributed by atoms with E-state index in [1.807, 2.05) is 60.7 Å². The molecule has 0 amide bonds. The Hall–Kier alpha value is -3.54. The highest BCUT2D eigenvalue weighted by Crippen LogP contribution is 2.26. The average molecular weight is 329 g/mol. The van der Waals surface area contributed by atoms with Gasteiger partial charge in [-0.25, -0.2) is 4.68 Å². The Balaban J connectivity index is 1.77. The van der Waals surface area contributed by atoms with E-state index in [9.17, 15) is 4.79 Å². The summed E-state index contributed by atoms with van der Waals surface area (Å²) in [6, 6.07) is 18.8. The maximum absolute atomic E-state index is 12.6. The molecule has 0 aliphatic carbocycles. The topological polar surface area (TPSA) is 75.4 Å². The summed E-state index contributed by atoms with van der Waals surface area (Å²) in [4.78, 5) is 16.9. The lowest BCUT2D eigenvalue weighted by atomic mass is 10.2. The maximum atomic E-state index is 12.6. The number of aromatic nitrogens is 3. The molecule has 0 atom stereocenters. The third kappa shape index (κ3) is 2.74. The number of hydrogen-bond acceptors (Lipinski definition) is 4. The average Bonchev–Trinajstić information content (AvgIpc) is 2.94. The number of aromatic amines is 1. The molecule has 2 aromatic heterocycles. The molecule has 0 spiro atoms. The summed E-state index contributed by atoms with van der Waals surface area (Å²) in [6.07, 6.45) is 1.73. The van der Waals surface area contributed by atoms with Gasteiger partial charge in [0.05, 0.1) is 22.6 Å². The summed E-state index contributed by atoms with van der Waals surface area (Å²) >= 11 is 0. The number of H-pyrrole nitrogens is 1. The minimum Gasteiger partial charge on any atom is -0.293 e. The lowest BCUT2D eigenvalue weighted by Crippen LogP contribution is -2.13. The standard InChI is InChI=1S/C19H15N5O/c1-13-18(19(25)24(23-13)14-7-3-2-4-8-14)22-21-17-11-5-10-16-15(17)9-6-12-20-16/h2-12,23H,1H3. The van der Waals surface area contributed by atoms with E-state index in [1.165, 1.54) is 4.68 Å². The van der Waals surface area contributed by atoms with Gasteiger partial charge in [0.1, 0.15) is 0 Å². The Morgan fingerprint density at radius 3 is 2.64 bits per heavy atom. The summed E-state index contributed by atoms with van der Waals surface area (Å²) in [5.74, 6) is 0. The van der Waals surface area contributed by atoms with Crippen molar-refractivity contribution in [2.24, 2.45) is 10.2 Å². The van der Waals surface area contributed by atoms with E-state index >= 15 is 0 Å². The molecule has 4 rings (SSSR count). The Morgan fingerprint density at radius 2 is 1.80 bits per heavy atom. The molecule has 4 aromatic rings. The molecule has 0 saturated heterocycles. The van der Waals surface area contributed by atoms with Crippen LogP contribution >= 0.6 is 0 Å². The first-order valence-electron chi connectivity index (χ1n) is 7.86. The summed E-state index contributed by atoms with van der Waals surface area (Å²) < 4.78 is 1.47. The van der Waals surface area contributed by atoms with E-state index in [2.05, 4.69) is 20.3 Å². The first-order valence-corrected chi connectivity index (χ1v) is 7.86. The Bertz CT molecular complexity index is 1120. The van der Waals surface area contributed by atoms with Crippen LogP contribution in [0.25, 0.3) is 16.6 Å². The molecular weight excluding hydrogens is 314 g/mol. The predicted octanol–water partition coefficient (Wildman–Crippen LogP) is 4.44. The molecule has 0 aliphatic heterocycles. The van der Waals surface area contributed by atoms with Crippen LogP contribution in [0, 0.1) is 6.92 Å². The second-order valence-corrected chi connectivity index (χ2v) is 5.61. The number of nitrogens with one attached hydrogen (secondary N) is 1. The molecule has 122 valence electrons. The fourth-order valence-electron chi connectivity index (χ4n) is 2.69.